The summed E-state index contributed by atoms with van der Waals surface area (Å²) in [4.78, 5) is 11.1. The van der Waals surface area contributed by atoms with E-state index in [4.69, 9.17) is 9.47 Å². The minimum Gasteiger partial charge on any atom is -0.486 e. The Hall–Kier alpha value is -3.26. The summed E-state index contributed by atoms with van der Waals surface area (Å²) in [5, 5.41) is 3.21. The number of benzene rings is 2. The van der Waals surface area contributed by atoms with Crippen LogP contribution >= 0.6 is 0 Å². The maximum absolute atomic E-state index is 14.0. The number of halogens is 2. The fourth-order valence-electron chi connectivity index (χ4n) is 3.73. The molecule has 0 fully saturated rings. The van der Waals surface area contributed by atoms with Gasteiger partial charge in [0, 0.05) is 55.1 Å². The average Bonchev–Trinajstić information content (AvgIpc) is 2.77. The normalized spacial score (nSPS) is 15.5. The van der Waals surface area contributed by atoms with Gasteiger partial charge in [-0.25, -0.2) is 18.7 Å². The lowest BCUT2D eigenvalue weighted by molar-refractivity contribution is 0.171. The molecule has 2 aliphatic heterocycles. The van der Waals surface area contributed by atoms with E-state index in [1.54, 1.807) is 12.3 Å². The summed E-state index contributed by atoms with van der Waals surface area (Å²) in [6.07, 6.45) is 2.50. The molecule has 3 heterocycles. The molecular formula is C22H20F2N4O2. The van der Waals surface area contributed by atoms with Crippen molar-refractivity contribution < 1.29 is 18.3 Å². The molecule has 1 N–H and O–H groups in total. The maximum Gasteiger partial charge on any atom is 0.227 e. The minimum absolute atomic E-state index is 0.347. The Labute approximate surface area is 172 Å². The van der Waals surface area contributed by atoms with E-state index < -0.39 is 11.6 Å². The summed E-state index contributed by atoms with van der Waals surface area (Å²) >= 11 is 0. The molecule has 0 radical (unpaired) electrons. The van der Waals surface area contributed by atoms with Crippen molar-refractivity contribution in [2.75, 3.05) is 25.1 Å². The van der Waals surface area contributed by atoms with Crippen molar-refractivity contribution in [2.24, 2.45) is 0 Å². The molecule has 0 amide bonds. The average molecular weight is 410 g/mol. The molecule has 0 aliphatic carbocycles. The van der Waals surface area contributed by atoms with Crippen LogP contribution in [-0.4, -0.2) is 34.6 Å². The van der Waals surface area contributed by atoms with Crippen molar-refractivity contribution in [3.63, 3.8) is 0 Å². The van der Waals surface area contributed by atoms with Gasteiger partial charge in [0.2, 0.25) is 5.95 Å². The third-order valence-electron chi connectivity index (χ3n) is 5.24. The number of hydrogen-bond acceptors (Lipinski definition) is 6. The molecule has 0 saturated carbocycles. The van der Waals surface area contributed by atoms with Crippen molar-refractivity contribution in [2.45, 2.75) is 19.5 Å². The molecular weight excluding hydrogens is 390 g/mol. The van der Waals surface area contributed by atoms with Gasteiger partial charge >= 0.3 is 0 Å². The number of aromatic nitrogens is 2. The van der Waals surface area contributed by atoms with Crippen LogP contribution in [0, 0.1) is 11.6 Å². The fourth-order valence-corrected chi connectivity index (χ4v) is 3.73. The molecule has 0 bridgehead atoms. The van der Waals surface area contributed by atoms with E-state index in [0.29, 0.717) is 56.5 Å². The fraction of sp³-hybridized carbons (Fsp3) is 0.273. The van der Waals surface area contributed by atoms with Gasteiger partial charge < -0.3 is 14.8 Å². The third-order valence-corrected chi connectivity index (χ3v) is 5.24. The van der Waals surface area contributed by atoms with Crippen LogP contribution in [0.4, 0.5) is 20.4 Å². The van der Waals surface area contributed by atoms with Crippen molar-refractivity contribution >= 4 is 11.6 Å². The zero-order valence-electron chi connectivity index (χ0n) is 16.2. The number of anilines is 2. The van der Waals surface area contributed by atoms with Gasteiger partial charge in [0.1, 0.15) is 13.2 Å². The highest BCUT2D eigenvalue weighted by molar-refractivity contribution is 5.60. The molecule has 0 saturated heterocycles. The van der Waals surface area contributed by atoms with Crippen LogP contribution in [0.3, 0.4) is 0 Å². The Bertz CT molecular complexity index is 1090. The largest absolute Gasteiger partial charge is 0.486 e. The highest BCUT2D eigenvalue weighted by atomic mass is 19.2. The van der Waals surface area contributed by atoms with Gasteiger partial charge in [0.05, 0.1) is 5.69 Å². The summed E-state index contributed by atoms with van der Waals surface area (Å²) in [7, 11) is 0. The summed E-state index contributed by atoms with van der Waals surface area (Å²) in [6, 6.07) is 9.90. The molecule has 1 aromatic heterocycles. The van der Waals surface area contributed by atoms with Crippen molar-refractivity contribution in [3.8, 4) is 11.5 Å². The van der Waals surface area contributed by atoms with Crippen LogP contribution in [0.25, 0.3) is 0 Å². The number of nitrogens with one attached hydrogen (secondary N) is 1. The van der Waals surface area contributed by atoms with E-state index in [2.05, 4.69) is 20.2 Å². The molecule has 6 nitrogen and oxygen atoms in total. The highest BCUT2D eigenvalue weighted by Crippen LogP contribution is 2.33. The SMILES string of the molecule is Fc1cccc(CN2CCc3nc(Nc4ccc5c(c4)OCCO5)ncc3C2)c1F. The Morgan fingerprint density at radius 2 is 1.93 bits per heavy atom. The first-order chi connectivity index (χ1) is 14.7. The van der Waals surface area contributed by atoms with Gasteiger partial charge in [0.15, 0.2) is 23.1 Å². The van der Waals surface area contributed by atoms with E-state index in [-0.39, 0.29) is 0 Å². The molecule has 2 aliphatic rings. The van der Waals surface area contributed by atoms with Crippen molar-refractivity contribution in [1.82, 2.24) is 14.9 Å². The summed E-state index contributed by atoms with van der Waals surface area (Å²) in [5.74, 6) is 0.342. The summed E-state index contributed by atoms with van der Waals surface area (Å²) in [6.45, 7) is 2.73. The van der Waals surface area contributed by atoms with Crippen molar-refractivity contribution in [1.29, 1.82) is 0 Å². The Morgan fingerprint density at radius 3 is 2.83 bits per heavy atom. The standard InChI is InChI=1S/C22H20F2N4O2/c23-17-3-1-2-14(21(17)24)12-28-7-6-18-15(13-28)11-25-22(27-18)26-16-4-5-19-20(10-16)30-9-8-29-19/h1-5,10-11H,6-9,12-13H2,(H,25,26,27). The topological polar surface area (TPSA) is 59.5 Å². The van der Waals surface area contributed by atoms with E-state index >= 15 is 0 Å². The molecule has 0 unspecified atom stereocenters. The van der Waals surface area contributed by atoms with E-state index in [1.807, 2.05) is 18.2 Å². The van der Waals surface area contributed by atoms with Gasteiger partial charge in [-0.2, -0.15) is 0 Å². The van der Waals surface area contributed by atoms with Gasteiger partial charge in [-0.05, 0) is 18.2 Å². The van der Waals surface area contributed by atoms with Crippen LogP contribution in [0.1, 0.15) is 16.8 Å². The first-order valence-electron chi connectivity index (χ1n) is 9.82. The van der Waals surface area contributed by atoms with Gasteiger partial charge in [0.25, 0.3) is 0 Å². The second-order valence-corrected chi connectivity index (χ2v) is 7.32. The van der Waals surface area contributed by atoms with Gasteiger partial charge in [-0.3, -0.25) is 4.90 Å². The number of fused-ring (bicyclic) bond motifs is 2. The van der Waals surface area contributed by atoms with Crippen LogP contribution in [0.2, 0.25) is 0 Å². The van der Waals surface area contributed by atoms with E-state index in [9.17, 15) is 8.78 Å². The Kier molecular flexibility index (Phi) is 4.92. The number of ether oxygens (including phenoxy) is 2. The zero-order valence-corrected chi connectivity index (χ0v) is 16.2. The highest BCUT2D eigenvalue weighted by Gasteiger charge is 2.20. The number of rotatable bonds is 4. The molecule has 5 rings (SSSR count). The van der Waals surface area contributed by atoms with Crippen molar-refractivity contribution in [3.05, 3.63) is 71.1 Å². The van der Waals surface area contributed by atoms with Gasteiger partial charge in [-0.1, -0.05) is 12.1 Å². The Morgan fingerprint density at radius 1 is 1.07 bits per heavy atom. The molecule has 3 aromatic rings. The van der Waals surface area contributed by atoms with Crippen LogP contribution in [0.5, 0.6) is 11.5 Å². The molecule has 154 valence electrons. The minimum atomic E-state index is -0.817. The lowest BCUT2D eigenvalue weighted by Gasteiger charge is -2.28. The first-order valence-corrected chi connectivity index (χ1v) is 9.82. The van der Waals surface area contributed by atoms with Crippen LogP contribution in [-0.2, 0) is 19.5 Å². The Balaban J connectivity index is 1.28. The summed E-state index contributed by atoms with van der Waals surface area (Å²) < 4.78 is 38.6. The smallest absolute Gasteiger partial charge is 0.227 e. The molecule has 0 spiro atoms. The first kappa shape index (κ1) is 18.7. The maximum atomic E-state index is 14.0. The zero-order chi connectivity index (χ0) is 20.5. The third kappa shape index (κ3) is 3.78. The quantitative estimate of drug-likeness (QED) is 0.706. The molecule has 30 heavy (non-hydrogen) atoms. The lowest BCUT2D eigenvalue weighted by atomic mass is 10.1. The van der Waals surface area contributed by atoms with Crippen LogP contribution in [0.15, 0.2) is 42.6 Å². The van der Waals surface area contributed by atoms with E-state index in [0.717, 1.165) is 28.8 Å². The summed E-state index contributed by atoms with van der Waals surface area (Å²) in [5.41, 5.74) is 3.13. The predicted molar refractivity (Wildman–Crippen MR) is 107 cm³/mol. The number of hydrogen-bond donors (Lipinski definition) is 1. The monoisotopic (exact) mass is 410 g/mol. The van der Waals surface area contributed by atoms with Gasteiger partial charge in [-0.15, -0.1) is 0 Å². The molecule has 0 atom stereocenters. The predicted octanol–water partition coefficient (Wildman–Crippen LogP) is 3.83. The lowest BCUT2D eigenvalue weighted by Crippen LogP contribution is -2.31. The number of nitrogens with zero attached hydrogens (tertiary/aromatic N) is 3. The van der Waals surface area contributed by atoms with Crippen LogP contribution < -0.4 is 14.8 Å². The second kappa shape index (κ2) is 7.87. The van der Waals surface area contributed by atoms with E-state index in [1.165, 1.54) is 6.07 Å². The molecule has 8 heteroatoms. The second-order valence-electron chi connectivity index (χ2n) is 7.32. The molecule has 2 aromatic carbocycles.